The van der Waals surface area contributed by atoms with Gasteiger partial charge in [0.1, 0.15) is 34.1 Å². The highest BCUT2D eigenvalue weighted by atomic mass is 15.7. The smallest absolute Gasteiger partial charge is 0.165 e. The Hall–Kier alpha value is -4.80. The Balaban J connectivity index is 1.64. The number of benzene rings is 6. The van der Waals surface area contributed by atoms with E-state index in [4.69, 9.17) is 0 Å². The summed E-state index contributed by atoms with van der Waals surface area (Å²) in [6, 6.07) is 66.8. The van der Waals surface area contributed by atoms with Gasteiger partial charge in [0, 0.05) is 0 Å². The van der Waals surface area contributed by atoms with Crippen molar-refractivity contribution in [1.29, 1.82) is 0 Å². The Bertz CT molecular complexity index is 1380. The van der Waals surface area contributed by atoms with Gasteiger partial charge in [0.25, 0.3) is 0 Å². The average Bonchev–Trinajstić information content (AvgIpc) is 3.10. The number of hydrogen-bond donors (Lipinski definition) is 0. The van der Waals surface area contributed by atoms with E-state index in [1.807, 2.05) is 0 Å². The maximum absolute atomic E-state index is 2.31. The minimum Gasteiger partial charge on any atom is -0.165 e. The summed E-state index contributed by atoms with van der Waals surface area (Å²) in [6.45, 7) is 2.51. The lowest BCUT2D eigenvalue weighted by Gasteiger charge is -2.55. The van der Waals surface area contributed by atoms with Crippen molar-refractivity contribution in [3.8, 4) is 0 Å². The maximum atomic E-state index is 2.31. The van der Waals surface area contributed by atoms with Gasteiger partial charge in [0.05, 0.1) is 0 Å². The summed E-state index contributed by atoms with van der Waals surface area (Å²) in [4.78, 5) is 0. The SMILES string of the molecule is c1ccc([N+]2(c3ccccc3)C[N+](c3ccccc3)(c3ccccc3)C[N+](c3ccccc3)(c3ccccc3)C2)cc1. The molecule has 0 amide bonds. The summed E-state index contributed by atoms with van der Waals surface area (Å²) in [5, 5.41) is 0. The molecule has 1 heterocycles. The van der Waals surface area contributed by atoms with Gasteiger partial charge in [0.15, 0.2) is 0 Å². The Morgan fingerprint density at radius 1 is 0.214 bits per heavy atom. The third kappa shape index (κ3) is 4.36. The van der Waals surface area contributed by atoms with E-state index in [-0.39, 0.29) is 0 Å². The van der Waals surface area contributed by atoms with Crippen LogP contribution in [0.5, 0.6) is 0 Å². The molecule has 1 aliphatic heterocycles. The largest absolute Gasteiger partial charge is 0.235 e. The third-order valence-electron chi connectivity index (χ3n) is 8.95. The highest BCUT2D eigenvalue weighted by Crippen LogP contribution is 2.51. The van der Waals surface area contributed by atoms with Gasteiger partial charge in [-0.2, -0.15) is 13.4 Å². The fourth-order valence-electron chi connectivity index (χ4n) is 7.08. The van der Waals surface area contributed by atoms with Gasteiger partial charge in [-0.15, -0.1) is 0 Å². The van der Waals surface area contributed by atoms with Crippen molar-refractivity contribution >= 4 is 34.1 Å². The molecule has 0 saturated carbocycles. The molecule has 0 aromatic heterocycles. The van der Waals surface area contributed by atoms with Crippen LogP contribution in [-0.4, -0.2) is 20.0 Å². The second kappa shape index (κ2) is 10.9. The van der Waals surface area contributed by atoms with Crippen LogP contribution in [0.4, 0.5) is 34.1 Å². The molecular formula is C39H36N3+3. The van der Waals surface area contributed by atoms with Gasteiger partial charge in [-0.05, 0) is 72.8 Å². The number of quaternary nitrogens is 3. The predicted octanol–water partition coefficient (Wildman–Crippen LogP) is 9.89. The zero-order valence-electron chi connectivity index (χ0n) is 23.8. The zero-order valence-corrected chi connectivity index (χ0v) is 23.8. The molecule has 6 aromatic rings. The molecule has 204 valence electrons. The van der Waals surface area contributed by atoms with E-state index in [0.29, 0.717) is 13.4 Å². The summed E-state index contributed by atoms with van der Waals surface area (Å²) in [5.74, 6) is 0. The van der Waals surface area contributed by atoms with Crippen LogP contribution in [0, 0.1) is 0 Å². The molecule has 1 fully saturated rings. The minimum atomic E-state index is 0.676. The summed E-state index contributed by atoms with van der Waals surface area (Å²) in [6.07, 6.45) is 0. The van der Waals surface area contributed by atoms with Crippen molar-refractivity contribution in [3.05, 3.63) is 182 Å². The molecule has 42 heavy (non-hydrogen) atoms. The zero-order chi connectivity index (χ0) is 28.3. The third-order valence-corrected chi connectivity index (χ3v) is 8.95. The van der Waals surface area contributed by atoms with Gasteiger partial charge in [-0.25, -0.2) is 0 Å². The predicted molar refractivity (Wildman–Crippen MR) is 178 cm³/mol. The summed E-state index contributed by atoms with van der Waals surface area (Å²) in [5.41, 5.74) is 7.71. The quantitative estimate of drug-likeness (QED) is 0.182. The summed E-state index contributed by atoms with van der Waals surface area (Å²) < 4.78 is 2.03. The van der Waals surface area contributed by atoms with Crippen LogP contribution in [0.25, 0.3) is 0 Å². The second-order valence-corrected chi connectivity index (χ2v) is 11.3. The summed E-state index contributed by atoms with van der Waals surface area (Å²) in [7, 11) is 0. The van der Waals surface area contributed by atoms with Crippen LogP contribution < -0.4 is 13.4 Å². The minimum absolute atomic E-state index is 0.676. The molecule has 3 heteroatoms. The number of hydrogen-bond acceptors (Lipinski definition) is 0. The van der Waals surface area contributed by atoms with Gasteiger partial charge >= 0.3 is 0 Å². The van der Waals surface area contributed by atoms with Crippen molar-refractivity contribution in [1.82, 2.24) is 13.4 Å². The Kier molecular flexibility index (Phi) is 6.77. The topological polar surface area (TPSA) is 0 Å². The van der Waals surface area contributed by atoms with Crippen LogP contribution in [0.15, 0.2) is 182 Å². The molecule has 0 aliphatic carbocycles. The molecule has 3 nitrogen and oxygen atoms in total. The summed E-state index contributed by atoms with van der Waals surface area (Å²) >= 11 is 0. The molecule has 6 aromatic carbocycles. The Labute approximate surface area is 249 Å². The van der Waals surface area contributed by atoms with E-state index in [9.17, 15) is 0 Å². The monoisotopic (exact) mass is 546 g/mol. The van der Waals surface area contributed by atoms with E-state index >= 15 is 0 Å². The van der Waals surface area contributed by atoms with Gasteiger partial charge < -0.3 is 0 Å². The first-order valence-corrected chi connectivity index (χ1v) is 14.7. The van der Waals surface area contributed by atoms with Crippen LogP contribution in [0.2, 0.25) is 0 Å². The van der Waals surface area contributed by atoms with E-state index in [1.165, 1.54) is 34.1 Å². The van der Waals surface area contributed by atoms with Crippen molar-refractivity contribution in [2.24, 2.45) is 0 Å². The maximum Gasteiger partial charge on any atom is 0.235 e. The standard InChI is InChI=1S/C39H36N3/c1-7-19-34(20-8-1)40(35-21-9-2-10-22-35)31-41(36-23-11-3-12-24-36,37-25-13-4-14-26-37)33-42(32-40,38-27-15-5-16-28-38)39-29-17-6-18-30-39/h1-30H,31-33H2/q+3. The van der Waals surface area contributed by atoms with Gasteiger partial charge in [0.2, 0.25) is 20.0 Å². The fraction of sp³-hybridized carbons (Fsp3) is 0.0769. The van der Waals surface area contributed by atoms with E-state index in [0.717, 1.165) is 20.0 Å². The molecule has 0 atom stereocenters. The van der Waals surface area contributed by atoms with Crippen molar-refractivity contribution in [2.75, 3.05) is 20.0 Å². The molecule has 0 spiro atoms. The van der Waals surface area contributed by atoms with Crippen molar-refractivity contribution in [3.63, 3.8) is 0 Å². The van der Waals surface area contributed by atoms with Crippen molar-refractivity contribution < 1.29 is 0 Å². The first-order chi connectivity index (χ1) is 20.8. The second-order valence-electron chi connectivity index (χ2n) is 11.3. The van der Waals surface area contributed by atoms with E-state index in [2.05, 4.69) is 182 Å². The number of rotatable bonds is 6. The molecule has 0 bridgehead atoms. The van der Waals surface area contributed by atoms with E-state index < -0.39 is 0 Å². The molecule has 0 unspecified atom stereocenters. The van der Waals surface area contributed by atoms with Gasteiger partial charge in [-0.3, -0.25) is 0 Å². The van der Waals surface area contributed by atoms with Crippen LogP contribution >= 0.6 is 0 Å². The molecular weight excluding hydrogens is 510 g/mol. The van der Waals surface area contributed by atoms with Crippen LogP contribution in [0.3, 0.4) is 0 Å². The molecule has 0 N–H and O–H groups in total. The molecule has 1 aliphatic rings. The number of nitrogens with zero attached hydrogens (tertiary/aromatic N) is 3. The lowest BCUT2D eigenvalue weighted by atomic mass is 10.0. The lowest BCUT2D eigenvalue weighted by Crippen LogP contribution is -2.77. The van der Waals surface area contributed by atoms with Gasteiger partial charge in [-0.1, -0.05) is 109 Å². The molecule has 0 radical (unpaired) electrons. The van der Waals surface area contributed by atoms with Crippen LogP contribution in [0.1, 0.15) is 0 Å². The van der Waals surface area contributed by atoms with Crippen molar-refractivity contribution in [2.45, 2.75) is 0 Å². The lowest BCUT2D eigenvalue weighted by molar-refractivity contribution is 0.0780. The van der Waals surface area contributed by atoms with E-state index in [1.54, 1.807) is 0 Å². The molecule has 1 saturated heterocycles. The Morgan fingerprint density at radius 2 is 0.357 bits per heavy atom. The molecule has 7 rings (SSSR count). The van der Waals surface area contributed by atoms with Crippen LogP contribution in [-0.2, 0) is 0 Å². The first-order valence-electron chi connectivity index (χ1n) is 14.7. The highest BCUT2D eigenvalue weighted by molar-refractivity contribution is 5.70. The average molecular weight is 547 g/mol. The number of para-hydroxylation sites is 6. The fourth-order valence-corrected chi connectivity index (χ4v) is 7.08. The Morgan fingerprint density at radius 3 is 0.500 bits per heavy atom. The highest BCUT2D eigenvalue weighted by Gasteiger charge is 2.61. The normalized spacial score (nSPS) is 16.9. The first kappa shape index (κ1) is 26.1.